The average molecular weight is 367 g/mol. The number of carboxylic acids is 1. The van der Waals surface area contributed by atoms with Crippen LogP contribution in [0.2, 0.25) is 5.15 Å². The summed E-state index contributed by atoms with van der Waals surface area (Å²) in [5.41, 5.74) is 1.35. The van der Waals surface area contributed by atoms with Gasteiger partial charge in [-0.1, -0.05) is 31.0 Å². The van der Waals surface area contributed by atoms with Crippen LogP contribution in [0.1, 0.15) is 44.6 Å². The van der Waals surface area contributed by atoms with E-state index in [4.69, 9.17) is 16.3 Å². The molecule has 1 aliphatic heterocycles. The van der Waals surface area contributed by atoms with E-state index in [0.717, 1.165) is 12.8 Å². The number of aromatic nitrogens is 1. The molecule has 0 spiro atoms. The van der Waals surface area contributed by atoms with Gasteiger partial charge in [0.2, 0.25) is 5.91 Å². The van der Waals surface area contributed by atoms with Crippen molar-refractivity contribution in [3.8, 4) is 0 Å². The molecule has 1 aromatic heterocycles. The van der Waals surface area contributed by atoms with Crippen molar-refractivity contribution in [3.05, 3.63) is 40.3 Å². The standard InChI is InChI=1S/C18H23ClN2O4/c1-4-5-13(25-3)10-21-11(2)17(18(23)24)14(8-16(21)22)12-6-7-15(19)20-9-12/h6-7,9,13-14H,4-5,8,10H2,1-3H3,(H,23,24). The van der Waals surface area contributed by atoms with E-state index in [9.17, 15) is 14.7 Å². The summed E-state index contributed by atoms with van der Waals surface area (Å²) in [5.74, 6) is -1.67. The summed E-state index contributed by atoms with van der Waals surface area (Å²) in [6, 6.07) is 3.32. The smallest absolute Gasteiger partial charge is 0.333 e. The molecule has 7 heteroatoms. The monoisotopic (exact) mass is 366 g/mol. The van der Waals surface area contributed by atoms with Crippen LogP contribution in [-0.2, 0) is 14.3 Å². The third-order valence-corrected chi connectivity index (χ3v) is 4.76. The number of amides is 1. The summed E-state index contributed by atoms with van der Waals surface area (Å²) in [6.07, 6.45) is 3.23. The van der Waals surface area contributed by atoms with Gasteiger partial charge in [0.05, 0.1) is 18.2 Å². The van der Waals surface area contributed by atoms with Crippen molar-refractivity contribution in [2.24, 2.45) is 0 Å². The second kappa shape index (κ2) is 8.45. The number of rotatable bonds is 7. The molecule has 0 saturated heterocycles. The van der Waals surface area contributed by atoms with Crippen LogP contribution >= 0.6 is 11.6 Å². The van der Waals surface area contributed by atoms with Gasteiger partial charge in [-0.05, 0) is 25.0 Å². The fourth-order valence-electron chi connectivity index (χ4n) is 3.20. The first kappa shape index (κ1) is 19.4. The maximum atomic E-state index is 12.7. The first-order chi connectivity index (χ1) is 11.9. The number of aliphatic carboxylic acids is 1. The Kier molecular flexibility index (Phi) is 6.56. The molecule has 0 aromatic carbocycles. The van der Waals surface area contributed by atoms with Gasteiger partial charge in [-0.3, -0.25) is 4.79 Å². The molecule has 2 atom stereocenters. The topological polar surface area (TPSA) is 79.7 Å². The van der Waals surface area contributed by atoms with E-state index >= 15 is 0 Å². The number of halogens is 1. The predicted molar refractivity (Wildman–Crippen MR) is 94.4 cm³/mol. The lowest BCUT2D eigenvalue weighted by Gasteiger charge is -2.35. The van der Waals surface area contributed by atoms with Crippen molar-refractivity contribution in [1.29, 1.82) is 0 Å². The Balaban J connectivity index is 2.39. The summed E-state index contributed by atoms with van der Waals surface area (Å²) in [6.45, 7) is 4.08. The molecule has 2 unspecified atom stereocenters. The van der Waals surface area contributed by atoms with Gasteiger partial charge in [0.1, 0.15) is 5.15 Å². The number of pyridine rings is 1. The molecule has 2 heterocycles. The molecule has 1 N–H and O–H groups in total. The minimum atomic E-state index is -1.03. The van der Waals surface area contributed by atoms with Crippen molar-refractivity contribution in [2.45, 2.75) is 45.1 Å². The van der Waals surface area contributed by atoms with Gasteiger partial charge in [-0.25, -0.2) is 9.78 Å². The summed E-state index contributed by atoms with van der Waals surface area (Å²) in [5, 5.41) is 10.0. The first-order valence-corrected chi connectivity index (χ1v) is 8.65. The highest BCUT2D eigenvalue weighted by molar-refractivity contribution is 6.29. The average Bonchev–Trinajstić information content (AvgIpc) is 2.57. The van der Waals surface area contributed by atoms with Crippen molar-refractivity contribution in [3.63, 3.8) is 0 Å². The Morgan fingerprint density at radius 1 is 1.52 bits per heavy atom. The minimum absolute atomic E-state index is 0.0881. The number of hydrogen-bond donors (Lipinski definition) is 1. The fourth-order valence-corrected chi connectivity index (χ4v) is 3.31. The van der Waals surface area contributed by atoms with E-state index in [0.29, 0.717) is 23.0 Å². The molecule has 6 nitrogen and oxygen atoms in total. The van der Waals surface area contributed by atoms with Crippen LogP contribution in [0, 0.1) is 0 Å². The number of ether oxygens (including phenoxy) is 1. The van der Waals surface area contributed by atoms with Crippen LogP contribution in [0.5, 0.6) is 0 Å². The lowest BCUT2D eigenvalue weighted by Crippen LogP contribution is -2.42. The molecule has 0 fully saturated rings. The number of nitrogens with zero attached hydrogens (tertiary/aromatic N) is 2. The highest BCUT2D eigenvalue weighted by Crippen LogP contribution is 2.36. The zero-order chi connectivity index (χ0) is 18.6. The molecule has 0 radical (unpaired) electrons. The lowest BCUT2D eigenvalue weighted by molar-refractivity contribution is -0.135. The Morgan fingerprint density at radius 2 is 2.24 bits per heavy atom. The van der Waals surface area contributed by atoms with E-state index in [1.807, 2.05) is 6.92 Å². The Bertz CT molecular complexity index is 672. The Labute approximate surface area is 152 Å². The molecule has 0 aliphatic carbocycles. The highest BCUT2D eigenvalue weighted by Gasteiger charge is 2.37. The van der Waals surface area contributed by atoms with E-state index in [-0.39, 0.29) is 24.0 Å². The second-order valence-electron chi connectivity index (χ2n) is 6.13. The van der Waals surface area contributed by atoms with Gasteiger partial charge >= 0.3 is 5.97 Å². The van der Waals surface area contributed by atoms with Gasteiger partial charge < -0.3 is 14.7 Å². The van der Waals surface area contributed by atoms with E-state index in [1.54, 1.807) is 26.2 Å². The molecular weight excluding hydrogens is 344 g/mol. The normalized spacial score (nSPS) is 19.3. The molecule has 25 heavy (non-hydrogen) atoms. The van der Waals surface area contributed by atoms with Crippen LogP contribution in [0.3, 0.4) is 0 Å². The SMILES string of the molecule is CCCC(CN1C(=O)CC(c2ccc(Cl)nc2)C(C(=O)O)=C1C)OC. The number of methoxy groups -OCH3 is 1. The van der Waals surface area contributed by atoms with Crippen molar-refractivity contribution in [2.75, 3.05) is 13.7 Å². The zero-order valence-electron chi connectivity index (χ0n) is 14.7. The Morgan fingerprint density at radius 3 is 2.76 bits per heavy atom. The zero-order valence-corrected chi connectivity index (χ0v) is 15.4. The maximum Gasteiger partial charge on any atom is 0.333 e. The molecule has 0 bridgehead atoms. The van der Waals surface area contributed by atoms with Crippen LogP contribution < -0.4 is 0 Å². The molecular formula is C18H23ClN2O4. The van der Waals surface area contributed by atoms with Crippen molar-refractivity contribution < 1.29 is 19.4 Å². The van der Waals surface area contributed by atoms with Gasteiger partial charge in [-0.2, -0.15) is 0 Å². The van der Waals surface area contributed by atoms with Crippen molar-refractivity contribution in [1.82, 2.24) is 9.88 Å². The lowest BCUT2D eigenvalue weighted by atomic mass is 9.84. The molecule has 0 saturated carbocycles. The first-order valence-electron chi connectivity index (χ1n) is 8.27. The highest BCUT2D eigenvalue weighted by atomic mass is 35.5. The molecule has 1 amide bonds. The molecule has 1 aliphatic rings. The summed E-state index contributed by atoms with van der Waals surface area (Å²) in [7, 11) is 1.61. The van der Waals surface area contributed by atoms with Gasteiger partial charge in [-0.15, -0.1) is 0 Å². The maximum absolute atomic E-state index is 12.7. The quantitative estimate of drug-likeness (QED) is 0.749. The number of hydrogen-bond acceptors (Lipinski definition) is 4. The van der Waals surface area contributed by atoms with Crippen LogP contribution in [0.4, 0.5) is 0 Å². The predicted octanol–water partition coefficient (Wildman–Crippen LogP) is 3.22. The van der Waals surface area contributed by atoms with Crippen LogP contribution in [0.15, 0.2) is 29.6 Å². The third-order valence-electron chi connectivity index (χ3n) is 4.54. The number of carbonyl (C=O) groups is 2. The summed E-state index contributed by atoms with van der Waals surface area (Å²) < 4.78 is 5.42. The van der Waals surface area contributed by atoms with Crippen LogP contribution in [-0.4, -0.2) is 46.6 Å². The molecule has 1 aromatic rings. The fraction of sp³-hybridized carbons (Fsp3) is 0.500. The number of allylic oxidation sites excluding steroid dienone is 1. The van der Waals surface area contributed by atoms with Gasteiger partial charge in [0, 0.05) is 31.3 Å². The number of carbonyl (C=O) groups excluding carboxylic acids is 1. The summed E-state index contributed by atoms with van der Waals surface area (Å²) in [4.78, 5) is 30.1. The second-order valence-corrected chi connectivity index (χ2v) is 6.51. The Hall–Kier alpha value is -1.92. The minimum Gasteiger partial charge on any atom is -0.478 e. The van der Waals surface area contributed by atoms with Gasteiger partial charge in [0.15, 0.2) is 0 Å². The number of carboxylic acid groups (broad SMARTS) is 1. The van der Waals surface area contributed by atoms with E-state index < -0.39 is 11.9 Å². The van der Waals surface area contributed by atoms with Gasteiger partial charge in [0.25, 0.3) is 0 Å². The molecule has 2 rings (SSSR count). The summed E-state index contributed by atoms with van der Waals surface area (Å²) >= 11 is 5.80. The van der Waals surface area contributed by atoms with Crippen LogP contribution in [0.25, 0.3) is 0 Å². The van der Waals surface area contributed by atoms with E-state index in [2.05, 4.69) is 4.98 Å². The van der Waals surface area contributed by atoms with E-state index in [1.165, 1.54) is 11.1 Å². The third kappa shape index (κ3) is 4.38. The van der Waals surface area contributed by atoms with Crippen molar-refractivity contribution >= 4 is 23.5 Å². The largest absolute Gasteiger partial charge is 0.478 e. The molecule has 136 valence electrons.